The predicted molar refractivity (Wildman–Crippen MR) is 92.0 cm³/mol. The fraction of sp³-hybridized carbons (Fsp3) is 0.188. The van der Waals surface area contributed by atoms with Gasteiger partial charge in [-0.05, 0) is 5.56 Å². The van der Waals surface area contributed by atoms with E-state index in [9.17, 15) is 29.2 Å². The highest BCUT2D eigenvalue weighted by Gasteiger charge is 2.28. The Balaban J connectivity index is 2.59. The van der Waals surface area contributed by atoms with E-state index in [0.29, 0.717) is 5.56 Å². The standard InChI is InChI=1S/C16H14N2O7S/c1-25-16(19)9-13-14(18(22)23)7-12(17(20)21)8-15(13)26(24)10-11-5-3-2-4-6-11/h2-8H,9-10H2,1H3/t26-/m0/s1. The first-order valence-corrected chi connectivity index (χ1v) is 8.60. The molecule has 9 nitrogen and oxygen atoms in total. The highest BCUT2D eigenvalue weighted by Crippen LogP contribution is 2.32. The van der Waals surface area contributed by atoms with Crippen molar-refractivity contribution in [2.45, 2.75) is 17.1 Å². The van der Waals surface area contributed by atoms with Crippen molar-refractivity contribution in [1.29, 1.82) is 0 Å². The van der Waals surface area contributed by atoms with Crippen molar-refractivity contribution < 1.29 is 23.6 Å². The number of hydrogen-bond donors (Lipinski definition) is 0. The molecule has 0 N–H and O–H groups in total. The average Bonchev–Trinajstić information content (AvgIpc) is 2.61. The first-order valence-electron chi connectivity index (χ1n) is 7.28. The molecule has 10 heteroatoms. The number of nitro groups is 2. The van der Waals surface area contributed by atoms with Crippen LogP contribution in [0.4, 0.5) is 11.4 Å². The second-order valence-electron chi connectivity index (χ2n) is 5.18. The van der Waals surface area contributed by atoms with Gasteiger partial charge in [-0.25, -0.2) is 0 Å². The minimum atomic E-state index is -1.83. The van der Waals surface area contributed by atoms with Crippen molar-refractivity contribution >= 4 is 28.1 Å². The third-order valence-corrected chi connectivity index (χ3v) is 4.96. The summed E-state index contributed by atoms with van der Waals surface area (Å²) in [7, 11) is -0.723. The van der Waals surface area contributed by atoms with Crippen molar-refractivity contribution in [2.75, 3.05) is 7.11 Å². The highest BCUT2D eigenvalue weighted by molar-refractivity contribution is 7.84. The van der Waals surface area contributed by atoms with Crippen LogP contribution in [0.3, 0.4) is 0 Å². The molecule has 2 aromatic carbocycles. The second-order valence-corrected chi connectivity index (χ2v) is 6.60. The topological polar surface area (TPSA) is 130 Å². The summed E-state index contributed by atoms with van der Waals surface area (Å²) < 4.78 is 17.3. The number of nitrogens with zero attached hydrogens (tertiary/aromatic N) is 2. The van der Waals surface area contributed by atoms with Crippen molar-refractivity contribution in [3.05, 3.63) is 73.8 Å². The highest BCUT2D eigenvalue weighted by atomic mass is 32.2. The lowest BCUT2D eigenvalue weighted by Gasteiger charge is -2.10. The van der Waals surface area contributed by atoms with Gasteiger partial charge in [-0.1, -0.05) is 30.3 Å². The molecule has 0 aliphatic carbocycles. The third kappa shape index (κ3) is 4.48. The lowest BCUT2D eigenvalue weighted by Crippen LogP contribution is -2.12. The lowest BCUT2D eigenvalue weighted by molar-refractivity contribution is -0.395. The summed E-state index contributed by atoms with van der Waals surface area (Å²) in [5.74, 6) is -0.784. The van der Waals surface area contributed by atoms with Gasteiger partial charge in [0.2, 0.25) is 0 Å². The number of non-ortho nitro benzene ring substituents is 1. The van der Waals surface area contributed by atoms with E-state index in [1.807, 2.05) is 0 Å². The number of benzene rings is 2. The summed E-state index contributed by atoms with van der Waals surface area (Å²) in [4.78, 5) is 32.3. The number of esters is 1. The van der Waals surface area contributed by atoms with E-state index in [2.05, 4.69) is 4.74 Å². The fourth-order valence-electron chi connectivity index (χ4n) is 2.29. The second kappa shape index (κ2) is 8.30. The number of ether oxygens (including phenoxy) is 1. The van der Waals surface area contributed by atoms with Gasteiger partial charge in [0.25, 0.3) is 11.4 Å². The minimum absolute atomic E-state index is 0.00661. The maximum absolute atomic E-state index is 12.8. The zero-order valence-corrected chi connectivity index (χ0v) is 14.4. The SMILES string of the molecule is COC(=O)Cc1c([N+](=O)[O-])cc([N+](=O)[O-])cc1[S@@](=O)Cc1ccccc1. The van der Waals surface area contributed by atoms with Gasteiger partial charge >= 0.3 is 5.97 Å². The lowest BCUT2D eigenvalue weighted by atomic mass is 10.1. The first kappa shape index (κ1) is 19.2. The van der Waals surface area contributed by atoms with E-state index >= 15 is 0 Å². The average molecular weight is 378 g/mol. The number of rotatable bonds is 7. The summed E-state index contributed by atoms with van der Waals surface area (Å²) in [5.41, 5.74) is -0.673. The van der Waals surface area contributed by atoms with Gasteiger partial charge in [0, 0.05) is 6.07 Å². The van der Waals surface area contributed by atoms with Crippen LogP contribution in [0.2, 0.25) is 0 Å². The van der Waals surface area contributed by atoms with Crippen LogP contribution in [0.1, 0.15) is 11.1 Å². The zero-order valence-electron chi connectivity index (χ0n) is 13.6. The van der Waals surface area contributed by atoms with Gasteiger partial charge in [0.05, 0.1) is 56.5 Å². The van der Waals surface area contributed by atoms with Gasteiger partial charge in [-0.2, -0.15) is 0 Å². The maximum atomic E-state index is 12.8. The number of hydrogen-bond acceptors (Lipinski definition) is 7. The van der Waals surface area contributed by atoms with Crippen molar-refractivity contribution in [1.82, 2.24) is 0 Å². The predicted octanol–water partition coefficient (Wildman–Crippen LogP) is 2.53. The molecule has 0 saturated carbocycles. The largest absolute Gasteiger partial charge is 0.469 e. The van der Waals surface area contributed by atoms with E-state index in [1.165, 1.54) is 0 Å². The molecule has 0 aromatic heterocycles. The van der Waals surface area contributed by atoms with Gasteiger partial charge in [-0.3, -0.25) is 29.2 Å². The molecule has 0 aliphatic heterocycles. The van der Waals surface area contributed by atoms with E-state index in [-0.39, 0.29) is 16.2 Å². The van der Waals surface area contributed by atoms with Crippen LogP contribution in [-0.2, 0) is 32.5 Å². The molecule has 0 bridgehead atoms. The molecule has 1 atom stereocenters. The molecule has 0 unspecified atom stereocenters. The summed E-state index contributed by atoms with van der Waals surface area (Å²) in [6.45, 7) is 0. The Kier molecular flexibility index (Phi) is 6.12. The van der Waals surface area contributed by atoms with E-state index in [1.54, 1.807) is 30.3 Å². The molecule has 0 aliphatic rings. The van der Waals surface area contributed by atoms with Crippen LogP contribution < -0.4 is 0 Å². The first-order chi connectivity index (χ1) is 12.3. The van der Waals surface area contributed by atoms with Crippen molar-refractivity contribution in [3.8, 4) is 0 Å². The maximum Gasteiger partial charge on any atom is 0.310 e. The molecule has 2 aromatic rings. The van der Waals surface area contributed by atoms with Crippen LogP contribution in [0.15, 0.2) is 47.4 Å². The molecule has 0 radical (unpaired) electrons. The van der Waals surface area contributed by atoms with Crippen LogP contribution >= 0.6 is 0 Å². The molecule has 2 rings (SSSR count). The number of carbonyl (C=O) groups is 1. The molecule has 0 heterocycles. The summed E-state index contributed by atoms with van der Waals surface area (Å²) >= 11 is 0. The normalized spacial score (nSPS) is 11.6. The Morgan fingerprint density at radius 2 is 1.77 bits per heavy atom. The quantitative estimate of drug-likeness (QED) is 0.411. The smallest absolute Gasteiger partial charge is 0.310 e. The molecule has 0 spiro atoms. The number of nitro benzene ring substituents is 2. The summed E-state index contributed by atoms with van der Waals surface area (Å²) in [6, 6.07) is 10.4. The Bertz CT molecular complexity index is 884. The summed E-state index contributed by atoms with van der Waals surface area (Å²) in [6.07, 6.45) is -0.513. The summed E-state index contributed by atoms with van der Waals surface area (Å²) in [5, 5.41) is 22.4. The number of carbonyl (C=O) groups excluding carboxylic acids is 1. The minimum Gasteiger partial charge on any atom is -0.469 e. The van der Waals surface area contributed by atoms with E-state index in [0.717, 1.165) is 19.2 Å². The third-order valence-electron chi connectivity index (χ3n) is 3.51. The van der Waals surface area contributed by atoms with Crippen LogP contribution in [0.5, 0.6) is 0 Å². The Morgan fingerprint density at radius 1 is 1.12 bits per heavy atom. The Labute approximate surface area is 150 Å². The molecular formula is C16H14N2O7S. The van der Waals surface area contributed by atoms with Crippen molar-refractivity contribution in [3.63, 3.8) is 0 Å². The van der Waals surface area contributed by atoms with Crippen molar-refractivity contribution in [2.24, 2.45) is 0 Å². The van der Waals surface area contributed by atoms with Crippen LogP contribution in [0.25, 0.3) is 0 Å². The molecule has 0 saturated heterocycles. The van der Waals surface area contributed by atoms with Gasteiger partial charge in [0.15, 0.2) is 0 Å². The molecule has 26 heavy (non-hydrogen) atoms. The van der Waals surface area contributed by atoms with Gasteiger partial charge < -0.3 is 4.74 Å². The number of methoxy groups -OCH3 is 1. The Hall–Kier alpha value is -3.14. The monoisotopic (exact) mass is 378 g/mol. The molecular weight excluding hydrogens is 364 g/mol. The van der Waals surface area contributed by atoms with E-state index in [4.69, 9.17) is 0 Å². The molecule has 0 fully saturated rings. The zero-order chi connectivity index (χ0) is 19.3. The Morgan fingerprint density at radius 3 is 2.31 bits per heavy atom. The van der Waals surface area contributed by atoms with E-state index < -0.39 is 44.4 Å². The van der Waals surface area contributed by atoms with Gasteiger partial charge in [-0.15, -0.1) is 0 Å². The van der Waals surface area contributed by atoms with Crippen LogP contribution in [0, 0.1) is 20.2 Å². The van der Waals surface area contributed by atoms with Crippen LogP contribution in [-0.4, -0.2) is 27.1 Å². The molecule has 0 amide bonds. The fourth-order valence-corrected chi connectivity index (χ4v) is 3.64. The molecule has 136 valence electrons. The van der Waals surface area contributed by atoms with Gasteiger partial charge in [0.1, 0.15) is 0 Å².